The summed E-state index contributed by atoms with van der Waals surface area (Å²) in [4.78, 5) is 27.4. The molecule has 28 heavy (non-hydrogen) atoms. The van der Waals surface area contributed by atoms with Gasteiger partial charge < -0.3 is 19.9 Å². The Morgan fingerprint density at radius 1 is 1.14 bits per heavy atom. The van der Waals surface area contributed by atoms with Crippen molar-refractivity contribution in [2.75, 3.05) is 20.1 Å². The van der Waals surface area contributed by atoms with E-state index in [0.29, 0.717) is 18.7 Å². The second kappa shape index (κ2) is 8.24. The van der Waals surface area contributed by atoms with Gasteiger partial charge in [-0.1, -0.05) is 18.2 Å². The van der Waals surface area contributed by atoms with Crippen LogP contribution in [0.3, 0.4) is 0 Å². The SMILES string of the molecule is CC1C(=O)N(C)CCN1C(=O)NCc1ccc(Oc2ccccc2F)c(F)c1. The number of ether oxygens (including phenoxy) is 1. The lowest BCUT2D eigenvalue weighted by molar-refractivity contribution is -0.137. The van der Waals surface area contributed by atoms with E-state index in [9.17, 15) is 18.4 Å². The van der Waals surface area contributed by atoms with Crippen LogP contribution in [0.15, 0.2) is 42.5 Å². The van der Waals surface area contributed by atoms with Gasteiger partial charge in [-0.3, -0.25) is 4.79 Å². The number of carbonyl (C=O) groups excluding carboxylic acids is 2. The molecule has 2 aromatic carbocycles. The molecule has 2 aromatic rings. The number of benzene rings is 2. The van der Waals surface area contributed by atoms with E-state index < -0.39 is 17.7 Å². The van der Waals surface area contributed by atoms with E-state index in [0.717, 1.165) is 0 Å². The van der Waals surface area contributed by atoms with Crippen LogP contribution in [-0.2, 0) is 11.3 Å². The molecule has 1 heterocycles. The van der Waals surface area contributed by atoms with Crippen LogP contribution in [0.4, 0.5) is 13.6 Å². The summed E-state index contributed by atoms with van der Waals surface area (Å²) in [5.74, 6) is -1.57. The number of rotatable bonds is 4. The monoisotopic (exact) mass is 389 g/mol. The minimum absolute atomic E-state index is 0.0730. The molecule has 8 heteroatoms. The van der Waals surface area contributed by atoms with Gasteiger partial charge in [-0.15, -0.1) is 0 Å². The van der Waals surface area contributed by atoms with Crippen LogP contribution in [-0.4, -0.2) is 47.9 Å². The average molecular weight is 389 g/mol. The van der Waals surface area contributed by atoms with Crippen molar-refractivity contribution in [3.8, 4) is 11.5 Å². The minimum Gasteiger partial charge on any atom is -0.451 e. The van der Waals surface area contributed by atoms with Crippen LogP contribution >= 0.6 is 0 Å². The van der Waals surface area contributed by atoms with Crippen molar-refractivity contribution in [3.05, 3.63) is 59.7 Å². The predicted molar refractivity (Wildman–Crippen MR) is 98.9 cm³/mol. The van der Waals surface area contributed by atoms with Gasteiger partial charge in [-0.25, -0.2) is 13.6 Å². The molecule has 1 saturated heterocycles. The van der Waals surface area contributed by atoms with Crippen molar-refractivity contribution < 1.29 is 23.1 Å². The number of carbonyl (C=O) groups is 2. The molecule has 1 N–H and O–H groups in total. The molecular weight excluding hydrogens is 368 g/mol. The van der Waals surface area contributed by atoms with E-state index >= 15 is 0 Å². The van der Waals surface area contributed by atoms with E-state index in [1.807, 2.05) is 0 Å². The number of halogens is 2. The number of nitrogens with one attached hydrogen (secondary N) is 1. The highest BCUT2D eigenvalue weighted by molar-refractivity contribution is 5.87. The zero-order valence-electron chi connectivity index (χ0n) is 15.6. The molecule has 1 aliphatic rings. The van der Waals surface area contributed by atoms with E-state index in [-0.39, 0.29) is 30.0 Å². The summed E-state index contributed by atoms with van der Waals surface area (Å²) in [5, 5.41) is 2.69. The van der Waals surface area contributed by atoms with Crippen molar-refractivity contribution >= 4 is 11.9 Å². The molecule has 0 spiro atoms. The van der Waals surface area contributed by atoms with Crippen LogP contribution < -0.4 is 10.1 Å². The van der Waals surface area contributed by atoms with Gasteiger partial charge in [0, 0.05) is 26.7 Å². The standard InChI is InChI=1S/C20H21F2N3O3/c1-13-19(26)24(2)9-10-25(13)20(27)23-12-14-7-8-18(16(22)11-14)28-17-6-4-3-5-15(17)21/h3-8,11,13H,9-10,12H2,1-2H3,(H,23,27). The number of likely N-dealkylation sites (N-methyl/N-ethyl adjacent to an activating group) is 1. The smallest absolute Gasteiger partial charge is 0.318 e. The summed E-state index contributed by atoms with van der Waals surface area (Å²) in [6.07, 6.45) is 0. The first-order chi connectivity index (χ1) is 13.4. The topological polar surface area (TPSA) is 61.9 Å². The molecule has 6 nitrogen and oxygen atoms in total. The molecule has 1 atom stereocenters. The third-order valence-electron chi connectivity index (χ3n) is 4.63. The molecule has 1 fully saturated rings. The van der Waals surface area contributed by atoms with Gasteiger partial charge in [0.25, 0.3) is 0 Å². The van der Waals surface area contributed by atoms with E-state index in [1.165, 1.54) is 35.2 Å². The predicted octanol–water partition coefficient (Wildman–Crippen LogP) is 3.13. The van der Waals surface area contributed by atoms with Gasteiger partial charge in [0.15, 0.2) is 23.1 Å². The molecule has 1 unspecified atom stereocenters. The van der Waals surface area contributed by atoms with Gasteiger partial charge in [0.2, 0.25) is 5.91 Å². The molecule has 1 aliphatic heterocycles. The highest BCUT2D eigenvalue weighted by Gasteiger charge is 2.32. The fourth-order valence-electron chi connectivity index (χ4n) is 2.95. The van der Waals surface area contributed by atoms with Crippen LogP contribution in [0.1, 0.15) is 12.5 Å². The first kappa shape index (κ1) is 19.6. The summed E-state index contributed by atoms with van der Waals surface area (Å²) >= 11 is 0. The number of nitrogens with zero attached hydrogens (tertiary/aromatic N) is 2. The lowest BCUT2D eigenvalue weighted by Crippen LogP contribution is -2.58. The van der Waals surface area contributed by atoms with Gasteiger partial charge in [-0.05, 0) is 36.8 Å². The number of para-hydroxylation sites is 1. The maximum absolute atomic E-state index is 14.3. The van der Waals surface area contributed by atoms with Crippen molar-refractivity contribution in [1.29, 1.82) is 0 Å². The fraction of sp³-hybridized carbons (Fsp3) is 0.300. The third kappa shape index (κ3) is 4.21. The molecule has 0 saturated carbocycles. The van der Waals surface area contributed by atoms with Gasteiger partial charge in [-0.2, -0.15) is 0 Å². The summed E-state index contributed by atoms with van der Waals surface area (Å²) in [7, 11) is 1.70. The van der Waals surface area contributed by atoms with Crippen molar-refractivity contribution in [2.24, 2.45) is 0 Å². The molecule has 0 radical (unpaired) electrons. The number of hydrogen-bond acceptors (Lipinski definition) is 3. The molecule has 3 amide bonds. The van der Waals surface area contributed by atoms with E-state index in [1.54, 1.807) is 31.0 Å². The zero-order valence-corrected chi connectivity index (χ0v) is 15.6. The van der Waals surface area contributed by atoms with Crippen LogP contribution in [0.2, 0.25) is 0 Å². The van der Waals surface area contributed by atoms with E-state index in [2.05, 4.69) is 5.32 Å². The lowest BCUT2D eigenvalue weighted by Gasteiger charge is -2.37. The number of amides is 3. The average Bonchev–Trinajstić information content (AvgIpc) is 2.68. The number of hydrogen-bond donors (Lipinski definition) is 1. The van der Waals surface area contributed by atoms with Crippen molar-refractivity contribution in [2.45, 2.75) is 19.5 Å². The largest absolute Gasteiger partial charge is 0.451 e. The third-order valence-corrected chi connectivity index (χ3v) is 4.63. The minimum atomic E-state index is -0.668. The Balaban J connectivity index is 1.61. The Labute approximate surface area is 161 Å². The first-order valence-corrected chi connectivity index (χ1v) is 8.87. The van der Waals surface area contributed by atoms with Crippen LogP contribution in [0, 0.1) is 11.6 Å². The molecular formula is C20H21F2N3O3. The maximum Gasteiger partial charge on any atom is 0.318 e. The Kier molecular flexibility index (Phi) is 5.77. The van der Waals surface area contributed by atoms with Crippen molar-refractivity contribution in [1.82, 2.24) is 15.1 Å². The van der Waals surface area contributed by atoms with Crippen LogP contribution in [0.5, 0.6) is 11.5 Å². The molecule has 0 aromatic heterocycles. The summed E-state index contributed by atoms with van der Waals surface area (Å²) in [6.45, 7) is 2.65. The van der Waals surface area contributed by atoms with Crippen molar-refractivity contribution in [3.63, 3.8) is 0 Å². The molecule has 0 aliphatic carbocycles. The normalized spacial score (nSPS) is 16.9. The van der Waals surface area contributed by atoms with Gasteiger partial charge in [0.05, 0.1) is 0 Å². The fourth-order valence-corrected chi connectivity index (χ4v) is 2.95. The highest BCUT2D eigenvalue weighted by atomic mass is 19.1. The van der Waals surface area contributed by atoms with Crippen LogP contribution in [0.25, 0.3) is 0 Å². The lowest BCUT2D eigenvalue weighted by atomic mass is 10.2. The Bertz CT molecular complexity index is 891. The second-order valence-electron chi connectivity index (χ2n) is 6.59. The Morgan fingerprint density at radius 3 is 2.57 bits per heavy atom. The highest BCUT2D eigenvalue weighted by Crippen LogP contribution is 2.27. The summed E-state index contributed by atoms with van der Waals surface area (Å²) < 4.78 is 33.2. The maximum atomic E-state index is 14.3. The Morgan fingerprint density at radius 2 is 1.86 bits per heavy atom. The summed E-state index contributed by atoms with van der Waals surface area (Å²) in [6, 6.07) is 8.97. The molecule has 3 rings (SSSR count). The molecule has 0 bridgehead atoms. The Hall–Kier alpha value is -3.16. The molecule has 148 valence electrons. The number of piperazine rings is 1. The second-order valence-corrected chi connectivity index (χ2v) is 6.59. The first-order valence-electron chi connectivity index (χ1n) is 8.87. The number of urea groups is 1. The zero-order chi connectivity index (χ0) is 20.3. The van der Waals surface area contributed by atoms with Gasteiger partial charge in [0.1, 0.15) is 6.04 Å². The quantitative estimate of drug-likeness (QED) is 0.874. The van der Waals surface area contributed by atoms with E-state index in [4.69, 9.17) is 4.74 Å². The van der Waals surface area contributed by atoms with Gasteiger partial charge >= 0.3 is 6.03 Å². The summed E-state index contributed by atoms with van der Waals surface area (Å²) in [5.41, 5.74) is 0.514.